The molecule has 26 heavy (non-hydrogen) atoms. The molecule has 4 aromatic heterocycles. The van der Waals surface area contributed by atoms with Crippen LogP contribution in [0, 0.1) is 0 Å². The van der Waals surface area contributed by atoms with Crippen molar-refractivity contribution in [3.05, 3.63) is 64.6 Å². The molecular formula is C17H15N7OS. The number of hydrogen-bond acceptors (Lipinski definition) is 8. The molecule has 5 rings (SSSR count). The Morgan fingerprint density at radius 3 is 3.15 bits per heavy atom. The Balaban J connectivity index is 1.48. The van der Waals surface area contributed by atoms with Gasteiger partial charge in [-0.3, -0.25) is 9.88 Å². The van der Waals surface area contributed by atoms with Gasteiger partial charge in [-0.1, -0.05) is 11.2 Å². The zero-order valence-corrected chi connectivity index (χ0v) is 14.6. The van der Waals surface area contributed by atoms with Gasteiger partial charge in [0.05, 0.1) is 30.0 Å². The van der Waals surface area contributed by atoms with Crippen LogP contribution < -0.4 is 0 Å². The van der Waals surface area contributed by atoms with E-state index in [9.17, 15) is 0 Å². The van der Waals surface area contributed by atoms with Gasteiger partial charge in [0, 0.05) is 36.8 Å². The molecular weight excluding hydrogens is 350 g/mol. The summed E-state index contributed by atoms with van der Waals surface area (Å²) in [5.74, 6) is 1.04. The van der Waals surface area contributed by atoms with Crippen LogP contribution in [0.1, 0.15) is 28.2 Å². The molecule has 0 bridgehead atoms. The maximum absolute atomic E-state index is 5.59. The molecule has 1 unspecified atom stereocenters. The van der Waals surface area contributed by atoms with Crippen molar-refractivity contribution < 1.29 is 4.52 Å². The number of nitrogens with one attached hydrogen (secondary N) is 1. The second kappa shape index (κ2) is 6.43. The second-order valence-electron chi connectivity index (χ2n) is 6.08. The van der Waals surface area contributed by atoms with Crippen LogP contribution >= 0.6 is 11.3 Å². The summed E-state index contributed by atoms with van der Waals surface area (Å²) in [5.41, 5.74) is 2.80. The van der Waals surface area contributed by atoms with Crippen molar-refractivity contribution in [1.29, 1.82) is 0 Å². The first-order valence-electron chi connectivity index (χ1n) is 8.24. The number of thiophene rings is 1. The largest absolute Gasteiger partial charge is 0.347 e. The first-order chi connectivity index (χ1) is 12.9. The molecule has 8 nitrogen and oxygen atoms in total. The predicted octanol–water partition coefficient (Wildman–Crippen LogP) is 2.61. The van der Waals surface area contributed by atoms with E-state index in [1.165, 1.54) is 4.88 Å². The molecule has 4 aromatic rings. The molecule has 0 fully saturated rings. The summed E-state index contributed by atoms with van der Waals surface area (Å²) in [7, 11) is 0. The van der Waals surface area contributed by atoms with Crippen LogP contribution in [0.4, 0.5) is 0 Å². The highest BCUT2D eigenvalue weighted by atomic mass is 32.1. The molecule has 5 heterocycles. The Morgan fingerprint density at radius 2 is 2.31 bits per heavy atom. The van der Waals surface area contributed by atoms with Crippen LogP contribution in [0.15, 0.2) is 47.0 Å². The third kappa shape index (κ3) is 2.80. The molecule has 0 radical (unpaired) electrons. The lowest BCUT2D eigenvalue weighted by Crippen LogP contribution is -2.34. The summed E-state index contributed by atoms with van der Waals surface area (Å²) in [6.07, 6.45) is 7.34. The smallest absolute Gasteiger partial charge is 0.244 e. The first-order valence-corrected chi connectivity index (χ1v) is 9.12. The zero-order chi connectivity index (χ0) is 17.3. The number of H-pyrrole nitrogens is 1. The number of aromatic nitrogens is 6. The van der Waals surface area contributed by atoms with Gasteiger partial charge in [0.15, 0.2) is 0 Å². The van der Waals surface area contributed by atoms with Gasteiger partial charge in [-0.2, -0.15) is 4.98 Å². The number of aromatic amines is 1. The highest BCUT2D eigenvalue weighted by Crippen LogP contribution is 2.33. The lowest BCUT2D eigenvalue weighted by molar-refractivity contribution is 0.129. The quantitative estimate of drug-likeness (QED) is 0.594. The Morgan fingerprint density at radius 1 is 1.31 bits per heavy atom. The summed E-state index contributed by atoms with van der Waals surface area (Å²) in [6.45, 7) is 1.59. The Kier molecular flexibility index (Phi) is 3.80. The standard InChI is InChI=1S/C17H15N7OS/c1-2-11(26-5-1)8-24-9-14-12(20-10-21-14)6-15(24)17-22-16(23-25-17)13-7-18-3-4-19-13/h1-5,7,10,15H,6,8-9H2,(H,20,21). The first kappa shape index (κ1) is 15.4. The molecule has 1 aliphatic heterocycles. The van der Waals surface area contributed by atoms with Gasteiger partial charge < -0.3 is 9.51 Å². The van der Waals surface area contributed by atoms with Crippen molar-refractivity contribution in [1.82, 2.24) is 35.0 Å². The molecule has 0 aromatic carbocycles. The number of rotatable bonds is 4. The minimum absolute atomic E-state index is 0.0224. The van der Waals surface area contributed by atoms with Crippen molar-refractivity contribution in [3.8, 4) is 11.5 Å². The monoisotopic (exact) mass is 365 g/mol. The minimum Gasteiger partial charge on any atom is -0.347 e. The molecule has 0 saturated heterocycles. The Hall–Kier alpha value is -2.91. The van der Waals surface area contributed by atoms with Crippen LogP contribution in [0.25, 0.3) is 11.5 Å². The molecule has 1 aliphatic rings. The number of hydrogen-bond donors (Lipinski definition) is 1. The Labute approximate surface area is 153 Å². The summed E-state index contributed by atoms with van der Waals surface area (Å²) in [6, 6.07) is 4.19. The van der Waals surface area contributed by atoms with E-state index in [0.29, 0.717) is 17.4 Å². The van der Waals surface area contributed by atoms with Crippen molar-refractivity contribution >= 4 is 11.3 Å². The van der Waals surface area contributed by atoms with E-state index in [4.69, 9.17) is 4.52 Å². The molecule has 130 valence electrons. The number of nitrogens with zero attached hydrogens (tertiary/aromatic N) is 6. The molecule has 1 N–H and O–H groups in total. The van der Waals surface area contributed by atoms with Gasteiger partial charge in [-0.25, -0.2) is 9.97 Å². The molecule has 0 spiro atoms. The van der Waals surface area contributed by atoms with Crippen LogP contribution in [0.3, 0.4) is 0 Å². The summed E-state index contributed by atoms with van der Waals surface area (Å²) in [4.78, 5) is 24.2. The van der Waals surface area contributed by atoms with Crippen LogP contribution in [-0.4, -0.2) is 35.0 Å². The van der Waals surface area contributed by atoms with E-state index < -0.39 is 0 Å². The normalized spacial score (nSPS) is 17.3. The van der Waals surface area contributed by atoms with E-state index >= 15 is 0 Å². The van der Waals surface area contributed by atoms with E-state index in [0.717, 1.165) is 30.9 Å². The molecule has 0 aliphatic carbocycles. The van der Waals surface area contributed by atoms with Gasteiger partial charge in [-0.05, 0) is 11.4 Å². The average Bonchev–Trinajstić information content (AvgIpc) is 3.43. The van der Waals surface area contributed by atoms with Crippen molar-refractivity contribution in [2.24, 2.45) is 0 Å². The number of imidazole rings is 1. The van der Waals surface area contributed by atoms with Gasteiger partial charge in [0.1, 0.15) is 5.69 Å². The zero-order valence-electron chi connectivity index (χ0n) is 13.7. The number of fused-ring (bicyclic) bond motifs is 1. The molecule has 1 atom stereocenters. The predicted molar refractivity (Wildman–Crippen MR) is 93.9 cm³/mol. The maximum atomic E-state index is 5.59. The van der Waals surface area contributed by atoms with E-state index in [1.807, 2.05) is 0 Å². The van der Waals surface area contributed by atoms with Gasteiger partial charge >= 0.3 is 0 Å². The molecule has 0 amide bonds. The van der Waals surface area contributed by atoms with Crippen LogP contribution in [0.5, 0.6) is 0 Å². The van der Waals surface area contributed by atoms with Gasteiger partial charge in [-0.15, -0.1) is 11.3 Å². The van der Waals surface area contributed by atoms with Crippen LogP contribution in [-0.2, 0) is 19.5 Å². The van der Waals surface area contributed by atoms with E-state index in [2.05, 4.69) is 52.5 Å². The fourth-order valence-electron chi connectivity index (χ4n) is 3.19. The summed E-state index contributed by atoms with van der Waals surface area (Å²) >= 11 is 1.75. The van der Waals surface area contributed by atoms with Gasteiger partial charge in [0.2, 0.25) is 11.7 Å². The van der Waals surface area contributed by atoms with Crippen molar-refractivity contribution in [2.75, 3.05) is 0 Å². The van der Waals surface area contributed by atoms with Crippen LogP contribution in [0.2, 0.25) is 0 Å². The Bertz CT molecular complexity index is 995. The van der Waals surface area contributed by atoms with Crippen molar-refractivity contribution in [3.63, 3.8) is 0 Å². The third-order valence-corrected chi connectivity index (χ3v) is 5.32. The lowest BCUT2D eigenvalue weighted by atomic mass is 10.0. The van der Waals surface area contributed by atoms with E-state index in [-0.39, 0.29) is 6.04 Å². The maximum Gasteiger partial charge on any atom is 0.244 e. The van der Waals surface area contributed by atoms with Crippen molar-refractivity contribution in [2.45, 2.75) is 25.6 Å². The highest BCUT2D eigenvalue weighted by Gasteiger charge is 2.33. The summed E-state index contributed by atoms with van der Waals surface area (Å²) in [5, 5.41) is 6.19. The fraction of sp³-hybridized carbons (Fsp3) is 0.235. The molecule has 9 heteroatoms. The van der Waals surface area contributed by atoms with Gasteiger partial charge in [0.25, 0.3) is 0 Å². The lowest BCUT2D eigenvalue weighted by Gasteiger charge is -2.32. The topological polar surface area (TPSA) is 96.6 Å². The highest BCUT2D eigenvalue weighted by molar-refractivity contribution is 7.09. The SMILES string of the molecule is c1csc(CN2Cc3[nH]cnc3CC2c2nc(-c3cnccn3)no2)c1. The molecule has 0 saturated carbocycles. The van der Waals surface area contributed by atoms with E-state index in [1.54, 1.807) is 36.3 Å². The fourth-order valence-corrected chi connectivity index (χ4v) is 3.92. The minimum atomic E-state index is -0.0224. The average molecular weight is 365 g/mol. The third-order valence-electron chi connectivity index (χ3n) is 4.45. The second-order valence-corrected chi connectivity index (χ2v) is 7.11. The summed E-state index contributed by atoms with van der Waals surface area (Å²) < 4.78 is 5.59.